The Balaban J connectivity index is 1.96. The zero-order valence-electron chi connectivity index (χ0n) is 10.7. The van der Waals surface area contributed by atoms with Crippen LogP contribution in [0.3, 0.4) is 0 Å². The van der Waals surface area contributed by atoms with Crippen LogP contribution >= 0.6 is 35.1 Å². The molecule has 1 saturated heterocycles. The molecule has 0 aliphatic carbocycles. The molecule has 1 unspecified atom stereocenters. The number of nitrogens with zero attached hydrogens (tertiary/aromatic N) is 1. The second-order valence-corrected chi connectivity index (χ2v) is 6.62. The molecule has 1 aliphatic rings. The van der Waals surface area contributed by atoms with Gasteiger partial charge in [-0.3, -0.25) is 4.79 Å². The fourth-order valence-corrected chi connectivity index (χ4v) is 4.61. The van der Waals surface area contributed by atoms with Crippen LogP contribution in [0, 0.1) is 0 Å². The van der Waals surface area contributed by atoms with Gasteiger partial charge in [0.1, 0.15) is 11.6 Å². The van der Waals surface area contributed by atoms with Gasteiger partial charge in [-0.15, -0.1) is 35.1 Å². The van der Waals surface area contributed by atoms with Crippen molar-refractivity contribution < 1.29 is 9.53 Å². The van der Waals surface area contributed by atoms with Gasteiger partial charge in [0.05, 0.1) is 12.5 Å². The molecule has 6 heteroatoms. The van der Waals surface area contributed by atoms with Gasteiger partial charge in [0.2, 0.25) is 5.91 Å². The first-order chi connectivity index (χ1) is 9.26. The maximum atomic E-state index is 11.7. The SMILES string of the molecule is COc1ccccc1SCC1SCCN1C(=O)CCl. The number of alkyl halides is 1. The van der Waals surface area contributed by atoms with Gasteiger partial charge in [0.15, 0.2) is 0 Å². The van der Waals surface area contributed by atoms with Gasteiger partial charge in [-0.25, -0.2) is 0 Å². The number of hydrogen-bond acceptors (Lipinski definition) is 4. The number of carbonyl (C=O) groups is 1. The molecular weight excluding hydrogens is 302 g/mol. The molecule has 104 valence electrons. The third kappa shape index (κ3) is 3.74. The lowest BCUT2D eigenvalue weighted by Gasteiger charge is -2.22. The lowest BCUT2D eigenvalue weighted by molar-refractivity contribution is -0.128. The van der Waals surface area contributed by atoms with Crippen LogP contribution in [0.5, 0.6) is 5.75 Å². The van der Waals surface area contributed by atoms with E-state index in [1.807, 2.05) is 40.9 Å². The van der Waals surface area contributed by atoms with Crippen LogP contribution < -0.4 is 4.74 Å². The molecule has 3 nitrogen and oxygen atoms in total. The van der Waals surface area contributed by atoms with Crippen molar-refractivity contribution in [1.29, 1.82) is 0 Å². The van der Waals surface area contributed by atoms with E-state index in [0.29, 0.717) is 0 Å². The van der Waals surface area contributed by atoms with E-state index in [0.717, 1.165) is 28.7 Å². The number of amides is 1. The van der Waals surface area contributed by atoms with Crippen molar-refractivity contribution in [2.45, 2.75) is 10.3 Å². The number of thioether (sulfide) groups is 2. The Labute approximate surface area is 127 Å². The number of hydrogen-bond donors (Lipinski definition) is 0. The molecule has 19 heavy (non-hydrogen) atoms. The summed E-state index contributed by atoms with van der Waals surface area (Å²) in [5.74, 6) is 2.81. The van der Waals surface area contributed by atoms with E-state index in [2.05, 4.69) is 0 Å². The highest BCUT2D eigenvalue weighted by Gasteiger charge is 2.28. The highest BCUT2D eigenvalue weighted by molar-refractivity contribution is 8.03. The second kappa shape index (κ2) is 7.31. The Morgan fingerprint density at radius 3 is 3.11 bits per heavy atom. The average Bonchev–Trinajstić information content (AvgIpc) is 2.93. The molecule has 1 fully saturated rings. The van der Waals surface area contributed by atoms with E-state index < -0.39 is 0 Å². The topological polar surface area (TPSA) is 29.5 Å². The van der Waals surface area contributed by atoms with Gasteiger partial charge in [-0.1, -0.05) is 12.1 Å². The number of para-hydroxylation sites is 1. The molecule has 2 rings (SSSR count). The molecule has 0 saturated carbocycles. The third-order valence-electron chi connectivity index (χ3n) is 2.88. The predicted octanol–water partition coefficient (Wildman–Crippen LogP) is 2.93. The predicted molar refractivity (Wildman–Crippen MR) is 82.4 cm³/mol. The summed E-state index contributed by atoms with van der Waals surface area (Å²) >= 11 is 9.16. The molecule has 1 amide bonds. The van der Waals surface area contributed by atoms with Crippen LogP contribution in [0.15, 0.2) is 29.2 Å². The maximum absolute atomic E-state index is 11.7. The third-order valence-corrected chi connectivity index (χ3v) is 5.67. The van der Waals surface area contributed by atoms with Gasteiger partial charge in [0, 0.05) is 22.9 Å². The van der Waals surface area contributed by atoms with Crippen LogP contribution in [0.25, 0.3) is 0 Å². The Morgan fingerprint density at radius 2 is 2.37 bits per heavy atom. The summed E-state index contributed by atoms with van der Waals surface area (Å²) in [6.07, 6.45) is 0. The van der Waals surface area contributed by atoms with Crippen LogP contribution in [-0.2, 0) is 4.79 Å². The van der Waals surface area contributed by atoms with Crippen molar-refractivity contribution in [2.24, 2.45) is 0 Å². The highest BCUT2D eigenvalue weighted by Crippen LogP contribution is 2.34. The van der Waals surface area contributed by atoms with Gasteiger partial charge < -0.3 is 9.64 Å². The van der Waals surface area contributed by atoms with Crippen LogP contribution in [0.4, 0.5) is 0 Å². The van der Waals surface area contributed by atoms with Crippen molar-refractivity contribution in [2.75, 3.05) is 31.0 Å². The fourth-order valence-electron chi connectivity index (χ4n) is 1.92. The van der Waals surface area contributed by atoms with E-state index in [4.69, 9.17) is 16.3 Å². The lowest BCUT2D eigenvalue weighted by Crippen LogP contribution is -2.36. The number of methoxy groups -OCH3 is 1. The average molecular weight is 318 g/mol. The standard InChI is InChI=1S/C13H16ClNO2S2/c1-17-10-4-2-3-5-11(10)19-9-13-15(6-7-18-13)12(16)8-14/h2-5,13H,6-9H2,1H3. The summed E-state index contributed by atoms with van der Waals surface area (Å²) in [6.45, 7) is 0.799. The summed E-state index contributed by atoms with van der Waals surface area (Å²) in [5.41, 5.74) is 0. The quantitative estimate of drug-likeness (QED) is 0.617. The maximum Gasteiger partial charge on any atom is 0.238 e. The van der Waals surface area contributed by atoms with Gasteiger partial charge in [-0.05, 0) is 12.1 Å². The minimum Gasteiger partial charge on any atom is -0.496 e. The molecular formula is C13H16ClNO2S2. The summed E-state index contributed by atoms with van der Waals surface area (Å²) in [5, 5.41) is 0.209. The van der Waals surface area contributed by atoms with Gasteiger partial charge >= 0.3 is 0 Å². The molecule has 0 aromatic heterocycles. The molecule has 1 aromatic rings. The van der Waals surface area contributed by atoms with E-state index in [9.17, 15) is 4.79 Å². The largest absolute Gasteiger partial charge is 0.496 e. The number of halogens is 1. The lowest BCUT2D eigenvalue weighted by atomic mass is 10.3. The summed E-state index contributed by atoms with van der Waals surface area (Å²) in [6, 6.07) is 7.94. The molecule has 0 N–H and O–H groups in total. The minimum atomic E-state index is 0.0253. The minimum absolute atomic E-state index is 0.0253. The summed E-state index contributed by atoms with van der Waals surface area (Å²) in [7, 11) is 1.67. The molecule has 0 radical (unpaired) electrons. The van der Waals surface area contributed by atoms with Crippen molar-refractivity contribution in [3.63, 3.8) is 0 Å². The normalized spacial score (nSPS) is 18.6. The van der Waals surface area contributed by atoms with Crippen molar-refractivity contribution >= 4 is 41.0 Å². The zero-order valence-corrected chi connectivity index (χ0v) is 13.1. The molecule has 0 bridgehead atoms. The number of ether oxygens (including phenoxy) is 1. The fraction of sp³-hybridized carbons (Fsp3) is 0.462. The Bertz CT molecular complexity index is 444. The molecule has 0 spiro atoms. The summed E-state index contributed by atoms with van der Waals surface area (Å²) in [4.78, 5) is 14.7. The van der Waals surface area contributed by atoms with E-state index in [-0.39, 0.29) is 17.2 Å². The number of carbonyl (C=O) groups excluding carboxylic acids is 1. The van der Waals surface area contributed by atoms with Crippen LogP contribution in [-0.4, -0.2) is 47.2 Å². The summed E-state index contributed by atoms with van der Waals surface area (Å²) < 4.78 is 5.33. The van der Waals surface area contributed by atoms with Crippen molar-refractivity contribution in [3.8, 4) is 5.75 Å². The molecule has 1 heterocycles. The van der Waals surface area contributed by atoms with Crippen LogP contribution in [0.1, 0.15) is 0 Å². The molecule has 1 atom stereocenters. The Hall–Kier alpha value is -0.520. The molecule has 1 aromatic carbocycles. The Morgan fingerprint density at radius 1 is 1.58 bits per heavy atom. The monoisotopic (exact) mass is 317 g/mol. The first-order valence-electron chi connectivity index (χ1n) is 5.99. The zero-order chi connectivity index (χ0) is 13.7. The highest BCUT2D eigenvalue weighted by atomic mass is 35.5. The van der Waals surface area contributed by atoms with E-state index in [1.54, 1.807) is 18.9 Å². The van der Waals surface area contributed by atoms with Gasteiger partial charge in [0.25, 0.3) is 0 Å². The molecule has 1 aliphatic heterocycles. The first-order valence-corrected chi connectivity index (χ1v) is 8.56. The number of rotatable bonds is 5. The Kier molecular flexibility index (Phi) is 5.73. The van der Waals surface area contributed by atoms with E-state index in [1.165, 1.54) is 0 Å². The smallest absolute Gasteiger partial charge is 0.238 e. The van der Waals surface area contributed by atoms with Gasteiger partial charge in [-0.2, -0.15) is 0 Å². The van der Waals surface area contributed by atoms with Crippen molar-refractivity contribution in [1.82, 2.24) is 4.90 Å². The first kappa shape index (κ1) is 14.9. The van der Waals surface area contributed by atoms with Crippen molar-refractivity contribution in [3.05, 3.63) is 24.3 Å². The van der Waals surface area contributed by atoms with E-state index >= 15 is 0 Å². The second-order valence-electron chi connectivity index (χ2n) is 4.01. The number of benzene rings is 1. The van der Waals surface area contributed by atoms with Crippen LogP contribution in [0.2, 0.25) is 0 Å².